The molecule has 8 heteroatoms. The highest BCUT2D eigenvalue weighted by atomic mass is 35.5. The summed E-state index contributed by atoms with van der Waals surface area (Å²) in [6, 6.07) is 9.02. The van der Waals surface area contributed by atoms with E-state index in [0.29, 0.717) is 29.1 Å². The Morgan fingerprint density at radius 2 is 1.86 bits per heavy atom. The van der Waals surface area contributed by atoms with Gasteiger partial charge in [0.1, 0.15) is 18.1 Å². The first-order valence-corrected chi connectivity index (χ1v) is 12.5. The third-order valence-corrected chi connectivity index (χ3v) is 8.69. The van der Waals surface area contributed by atoms with E-state index in [2.05, 4.69) is 24.5 Å². The highest BCUT2D eigenvalue weighted by Gasteiger charge is 2.68. The minimum atomic E-state index is -1.31. The lowest BCUT2D eigenvalue weighted by Crippen LogP contribution is -2.59. The molecule has 1 saturated carbocycles. The van der Waals surface area contributed by atoms with Gasteiger partial charge in [-0.25, -0.2) is 4.39 Å². The zero-order valence-corrected chi connectivity index (χ0v) is 21.9. The summed E-state index contributed by atoms with van der Waals surface area (Å²) in [5.74, 6) is -2.10. The molecule has 2 aromatic rings. The smallest absolute Gasteiger partial charge is 0.323 e. The maximum Gasteiger partial charge on any atom is 0.323 e. The van der Waals surface area contributed by atoms with Gasteiger partial charge in [0.2, 0.25) is 0 Å². The van der Waals surface area contributed by atoms with Gasteiger partial charge in [0.15, 0.2) is 0 Å². The van der Waals surface area contributed by atoms with Gasteiger partial charge in [-0.1, -0.05) is 55.2 Å². The van der Waals surface area contributed by atoms with E-state index < -0.39 is 34.7 Å². The van der Waals surface area contributed by atoms with E-state index in [1.807, 2.05) is 0 Å². The minimum Gasteiger partial charge on any atom is -0.468 e. The van der Waals surface area contributed by atoms with E-state index in [0.717, 1.165) is 19.1 Å². The molecule has 1 spiro atoms. The number of methoxy groups -OCH3 is 1. The average molecular weight is 521 g/mol. The molecule has 3 atom stereocenters. The van der Waals surface area contributed by atoms with E-state index in [9.17, 15) is 9.59 Å². The zero-order chi connectivity index (χ0) is 25.6. The summed E-state index contributed by atoms with van der Waals surface area (Å²) in [7, 11) is 3.05. The Balaban J connectivity index is 2.08. The number of hydrogen-bond acceptors (Lipinski definition) is 5. The number of halogens is 3. The number of anilines is 1. The summed E-state index contributed by atoms with van der Waals surface area (Å²) < 4.78 is 20.8. The van der Waals surface area contributed by atoms with Gasteiger partial charge in [0.25, 0.3) is 0 Å². The molecule has 0 radical (unpaired) electrons. The fraction of sp³-hybridized carbons (Fsp3) is 0.481. The van der Waals surface area contributed by atoms with Crippen LogP contribution in [0.25, 0.3) is 0 Å². The molecule has 188 valence electrons. The van der Waals surface area contributed by atoms with Crippen LogP contribution in [0.2, 0.25) is 10.0 Å². The lowest BCUT2D eigenvalue weighted by molar-refractivity contribution is -0.143. The molecule has 1 unspecified atom stereocenters. The molecule has 2 aliphatic rings. The van der Waals surface area contributed by atoms with Crippen LogP contribution in [0.1, 0.15) is 56.6 Å². The number of nitrogens with one attached hydrogen (secondary N) is 2. The van der Waals surface area contributed by atoms with Gasteiger partial charge in [0.05, 0.1) is 17.5 Å². The van der Waals surface area contributed by atoms with Crippen LogP contribution in [0.4, 0.5) is 10.1 Å². The van der Waals surface area contributed by atoms with Crippen LogP contribution in [0.3, 0.4) is 0 Å². The Hall–Kier alpha value is -2.15. The van der Waals surface area contributed by atoms with Crippen molar-refractivity contribution in [3.63, 3.8) is 0 Å². The molecular formula is C27H31Cl2FN2O3. The summed E-state index contributed by atoms with van der Waals surface area (Å²) in [6.45, 7) is 4.40. The molecule has 4 rings (SSSR count). The van der Waals surface area contributed by atoms with Crippen molar-refractivity contribution in [3.05, 3.63) is 63.4 Å². The van der Waals surface area contributed by atoms with E-state index >= 15 is 4.39 Å². The molecule has 1 aliphatic heterocycles. The average Bonchev–Trinajstić information content (AvgIpc) is 3.13. The number of benzene rings is 2. The van der Waals surface area contributed by atoms with Crippen LogP contribution in [0.15, 0.2) is 36.4 Å². The summed E-state index contributed by atoms with van der Waals surface area (Å²) in [4.78, 5) is 26.7. The quantitative estimate of drug-likeness (QED) is 0.380. The number of ether oxygens (including phenoxy) is 1. The van der Waals surface area contributed by atoms with Gasteiger partial charge in [-0.2, -0.15) is 0 Å². The van der Waals surface area contributed by atoms with Crippen molar-refractivity contribution in [3.8, 4) is 0 Å². The normalized spacial score (nSPS) is 26.9. The first kappa shape index (κ1) is 25.9. The fourth-order valence-electron chi connectivity index (χ4n) is 6.24. The van der Waals surface area contributed by atoms with E-state index in [1.165, 1.54) is 13.2 Å². The van der Waals surface area contributed by atoms with Gasteiger partial charge in [-0.3, -0.25) is 10.1 Å². The molecule has 35 heavy (non-hydrogen) atoms. The predicted octanol–water partition coefficient (Wildman–Crippen LogP) is 5.88. The molecule has 1 aliphatic carbocycles. The Morgan fingerprint density at radius 3 is 2.46 bits per heavy atom. The van der Waals surface area contributed by atoms with Gasteiger partial charge in [-0.05, 0) is 60.4 Å². The van der Waals surface area contributed by atoms with Crippen LogP contribution < -0.4 is 10.6 Å². The second-order valence-electron chi connectivity index (χ2n) is 10.4. The van der Waals surface area contributed by atoms with Gasteiger partial charge in [-0.15, -0.1) is 0 Å². The number of rotatable bonds is 5. The number of carbonyl (C=O) groups excluding carboxylic acids is 2. The highest BCUT2D eigenvalue weighted by Crippen LogP contribution is 2.61. The Kier molecular flexibility index (Phi) is 6.95. The third-order valence-electron chi connectivity index (χ3n) is 8.16. The Morgan fingerprint density at radius 1 is 1.17 bits per heavy atom. The number of esters is 1. The van der Waals surface area contributed by atoms with Crippen LogP contribution in [-0.2, 0) is 19.7 Å². The van der Waals surface area contributed by atoms with Crippen molar-refractivity contribution in [1.29, 1.82) is 0 Å². The predicted molar refractivity (Wildman–Crippen MR) is 137 cm³/mol. The van der Waals surface area contributed by atoms with Crippen molar-refractivity contribution >= 4 is 41.1 Å². The van der Waals surface area contributed by atoms with E-state index in [-0.39, 0.29) is 16.0 Å². The lowest BCUT2D eigenvalue weighted by atomic mass is 9.53. The number of aldehydes is 1. The second kappa shape index (κ2) is 9.38. The number of hydrogen-bond donors (Lipinski definition) is 2. The standard InChI is InChI=1S/C27H31Cl2FN2O3/c1-25(2)10-12-26(13-11-25)27(15-33,18-9-8-16(28)14-20(18)31-3)21(23(32-26)24(34)35-4)17-6-5-7-19(29)22(17)30/h5-9,14-15,21,23,31-32H,10-13H2,1-4H3/t21-,23+,27?/m0/s1. The highest BCUT2D eigenvalue weighted by molar-refractivity contribution is 6.31. The monoisotopic (exact) mass is 520 g/mol. The second-order valence-corrected chi connectivity index (χ2v) is 11.3. The van der Waals surface area contributed by atoms with Crippen LogP contribution in [0.5, 0.6) is 0 Å². The molecule has 0 amide bonds. The summed E-state index contributed by atoms with van der Waals surface area (Å²) >= 11 is 12.5. The Bertz CT molecular complexity index is 1150. The van der Waals surface area contributed by atoms with E-state index in [4.69, 9.17) is 27.9 Å². The third kappa shape index (κ3) is 4.04. The zero-order valence-electron chi connectivity index (χ0n) is 20.4. The van der Waals surface area contributed by atoms with Gasteiger partial charge >= 0.3 is 5.97 Å². The van der Waals surface area contributed by atoms with Crippen molar-refractivity contribution in [2.24, 2.45) is 5.41 Å². The molecule has 0 aromatic heterocycles. The van der Waals surface area contributed by atoms with Crippen molar-refractivity contribution in [1.82, 2.24) is 5.32 Å². The van der Waals surface area contributed by atoms with E-state index in [1.54, 1.807) is 37.4 Å². The van der Waals surface area contributed by atoms with Gasteiger partial charge in [0, 0.05) is 29.2 Å². The molecule has 5 nitrogen and oxygen atoms in total. The maximum absolute atomic E-state index is 15.7. The van der Waals surface area contributed by atoms with Crippen LogP contribution >= 0.6 is 23.2 Å². The minimum absolute atomic E-state index is 0.0680. The molecule has 1 heterocycles. The van der Waals surface area contributed by atoms with Crippen molar-refractivity contribution in [2.75, 3.05) is 19.5 Å². The van der Waals surface area contributed by atoms with Gasteiger partial charge < -0.3 is 14.8 Å². The molecular weight excluding hydrogens is 490 g/mol. The van der Waals surface area contributed by atoms with Crippen LogP contribution in [0, 0.1) is 11.2 Å². The summed E-state index contributed by atoms with van der Waals surface area (Å²) in [6.07, 6.45) is 3.80. The molecule has 1 saturated heterocycles. The largest absolute Gasteiger partial charge is 0.468 e. The maximum atomic E-state index is 15.7. The molecule has 2 aromatic carbocycles. The Labute approximate surface area is 215 Å². The molecule has 2 fully saturated rings. The lowest BCUT2D eigenvalue weighted by Gasteiger charge is -2.51. The fourth-order valence-corrected chi connectivity index (χ4v) is 6.59. The van der Waals surface area contributed by atoms with Crippen molar-refractivity contribution < 1.29 is 18.7 Å². The summed E-state index contributed by atoms with van der Waals surface area (Å²) in [5.41, 5.74) is -0.547. The number of carbonyl (C=O) groups is 2. The summed E-state index contributed by atoms with van der Waals surface area (Å²) in [5, 5.41) is 7.11. The van der Waals surface area contributed by atoms with Crippen molar-refractivity contribution in [2.45, 2.75) is 62.4 Å². The first-order chi connectivity index (χ1) is 16.6. The molecule has 0 bridgehead atoms. The topological polar surface area (TPSA) is 67.4 Å². The van der Waals surface area contributed by atoms with Crippen LogP contribution in [-0.4, -0.2) is 38.0 Å². The SMILES string of the molecule is CNc1cc(Cl)ccc1C1(C=O)[C@@H](c2cccc(Cl)c2F)[C@H](C(=O)OC)NC12CCC(C)(C)CC2. The molecule has 2 N–H and O–H groups in total. The first-order valence-electron chi connectivity index (χ1n) is 11.8.